The first kappa shape index (κ1) is 16.8. The van der Waals surface area contributed by atoms with Crippen LogP contribution >= 0.6 is 0 Å². The number of benzene rings is 1. The zero-order valence-corrected chi connectivity index (χ0v) is 14.5. The van der Waals surface area contributed by atoms with Crippen LogP contribution in [0.15, 0.2) is 12.1 Å². The molecule has 2 aliphatic heterocycles. The van der Waals surface area contributed by atoms with Gasteiger partial charge in [-0.2, -0.15) is 0 Å². The molecule has 24 heavy (non-hydrogen) atoms. The average molecular weight is 333 g/mol. The van der Waals surface area contributed by atoms with Crippen molar-refractivity contribution in [1.82, 2.24) is 0 Å². The van der Waals surface area contributed by atoms with Crippen molar-refractivity contribution in [2.45, 2.75) is 27.2 Å². The molecule has 3 rings (SSSR count). The van der Waals surface area contributed by atoms with E-state index in [9.17, 15) is 9.59 Å². The van der Waals surface area contributed by atoms with E-state index in [1.54, 1.807) is 12.1 Å². The summed E-state index contributed by atoms with van der Waals surface area (Å²) >= 11 is 0. The summed E-state index contributed by atoms with van der Waals surface area (Å²) in [4.78, 5) is 25.6. The van der Waals surface area contributed by atoms with Crippen molar-refractivity contribution in [2.24, 2.45) is 11.8 Å². The van der Waals surface area contributed by atoms with Gasteiger partial charge in [0.1, 0.15) is 0 Å². The second kappa shape index (κ2) is 6.81. The molecule has 2 aliphatic rings. The van der Waals surface area contributed by atoms with E-state index in [2.05, 4.69) is 19.2 Å². The van der Waals surface area contributed by atoms with Crippen molar-refractivity contribution in [3.63, 3.8) is 0 Å². The van der Waals surface area contributed by atoms with Crippen LogP contribution in [0.3, 0.4) is 0 Å². The summed E-state index contributed by atoms with van der Waals surface area (Å²) in [7, 11) is 0. The molecule has 130 valence electrons. The molecule has 0 radical (unpaired) electrons. The fourth-order valence-corrected chi connectivity index (χ4v) is 3.82. The fourth-order valence-electron chi connectivity index (χ4n) is 3.82. The van der Waals surface area contributed by atoms with Crippen molar-refractivity contribution < 1.29 is 24.0 Å². The normalized spacial score (nSPS) is 25.4. The number of quaternary nitrogens is 1. The van der Waals surface area contributed by atoms with Gasteiger partial charge < -0.3 is 19.7 Å². The van der Waals surface area contributed by atoms with Gasteiger partial charge in [-0.1, -0.05) is 13.8 Å². The quantitative estimate of drug-likeness (QED) is 0.810. The smallest absolute Gasteiger partial charge is 0.279 e. The highest BCUT2D eigenvalue weighted by atomic mass is 16.7. The number of rotatable bonds is 4. The van der Waals surface area contributed by atoms with Gasteiger partial charge in [-0.05, 0) is 19.4 Å². The predicted octanol–water partition coefficient (Wildman–Crippen LogP) is 1.12. The van der Waals surface area contributed by atoms with Crippen molar-refractivity contribution in [3.8, 4) is 11.5 Å². The third-order valence-corrected chi connectivity index (χ3v) is 4.66. The summed E-state index contributed by atoms with van der Waals surface area (Å²) in [6, 6.07) is 3.31. The van der Waals surface area contributed by atoms with Crippen LogP contribution in [0.1, 0.15) is 37.6 Å². The monoisotopic (exact) mass is 333 g/mol. The second-order valence-corrected chi connectivity index (χ2v) is 7.14. The zero-order valence-electron chi connectivity index (χ0n) is 14.5. The van der Waals surface area contributed by atoms with Crippen LogP contribution in [-0.2, 0) is 4.79 Å². The molecular weight excluding hydrogens is 308 g/mol. The topological polar surface area (TPSA) is 69.1 Å². The van der Waals surface area contributed by atoms with Gasteiger partial charge in [0.15, 0.2) is 23.8 Å². The highest BCUT2D eigenvalue weighted by Crippen LogP contribution is 2.37. The van der Waals surface area contributed by atoms with Gasteiger partial charge in [-0.25, -0.2) is 0 Å². The number of ether oxygens (including phenoxy) is 2. The Kier molecular flexibility index (Phi) is 4.76. The van der Waals surface area contributed by atoms with E-state index < -0.39 is 0 Å². The van der Waals surface area contributed by atoms with Gasteiger partial charge in [-0.3, -0.25) is 9.59 Å². The lowest BCUT2D eigenvalue weighted by Crippen LogP contribution is -3.15. The molecule has 1 amide bonds. The number of anilines is 1. The molecule has 1 aromatic rings. The highest BCUT2D eigenvalue weighted by Gasteiger charge is 2.27. The fraction of sp³-hybridized carbons (Fsp3) is 0.556. The van der Waals surface area contributed by atoms with Crippen LogP contribution in [0, 0.1) is 11.8 Å². The lowest BCUT2D eigenvalue weighted by atomic mass is 9.92. The van der Waals surface area contributed by atoms with E-state index in [0.717, 1.165) is 13.1 Å². The molecule has 0 aromatic heterocycles. The molecule has 1 saturated heterocycles. The van der Waals surface area contributed by atoms with Gasteiger partial charge in [0.05, 0.1) is 18.8 Å². The third kappa shape index (κ3) is 3.70. The Balaban J connectivity index is 1.71. The number of amides is 1. The minimum Gasteiger partial charge on any atom is -0.454 e. The summed E-state index contributed by atoms with van der Waals surface area (Å²) in [5.41, 5.74) is 0.942. The zero-order chi connectivity index (χ0) is 17.3. The lowest BCUT2D eigenvalue weighted by molar-refractivity contribution is -0.904. The number of hydrogen-bond donors (Lipinski definition) is 2. The Hall–Kier alpha value is -2.08. The number of hydrogen-bond acceptors (Lipinski definition) is 4. The molecule has 0 saturated carbocycles. The number of likely N-dealkylation sites (tertiary alicyclic amines) is 1. The molecule has 6 nitrogen and oxygen atoms in total. The maximum Gasteiger partial charge on any atom is 0.279 e. The van der Waals surface area contributed by atoms with Crippen LogP contribution in [0.5, 0.6) is 11.5 Å². The standard InChI is InChI=1S/C18H24N2O4/c1-11-4-12(2)8-20(7-11)9-18(22)19-15-6-17-16(23-10-24-17)5-14(15)13(3)21/h5-6,11-12H,4,7-10H2,1-3H3,(H,19,22)/p+1/t11-,12-/m1/s1. The molecule has 0 bridgehead atoms. The number of ketones is 1. The summed E-state index contributed by atoms with van der Waals surface area (Å²) in [5.74, 6) is 2.18. The van der Waals surface area contributed by atoms with Gasteiger partial charge in [0, 0.05) is 23.5 Å². The van der Waals surface area contributed by atoms with Crippen molar-refractivity contribution in [2.75, 3.05) is 31.7 Å². The van der Waals surface area contributed by atoms with Gasteiger partial charge >= 0.3 is 0 Å². The average Bonchev–Trinajstić information content (AvgIpc) is 2.92. The van der Waals surface area contributed by atoms with Crippen molar-refractivity contribution in [1.29, 1.82) is 0 Å². The van der Waals surface area contributed by atoms with Crippen molar-refractivity contribution >= 4 is 17.4 Å². The Morgan fingerprint density at radius 2 is 1.79 bits per heavy atom. The Bertz CT molecular complexity index is 649. The number of fused-ring (bicyclic) bond motifs is 1. The Morgan fingerprint density at radius 3 is 2.42 bits per heavy atom. The van der Waals surface area contributed by atoms with Crippen LogP contribution in [0.4, 0.5) is 5.69 Å². The first-order valence-electron chi connectivity index (χ1n) is 8.50. The first-order chi connectivity index (χ1) is 11.4. The molecule has 0 unspecified atom stereocenters. The first-order valence-corrected chi connectivity index (χ1v) is 8.50. The van der Waals surface area contributed by atoms with Crippen LogP contribution < -0.4 is 19.7 Å². The minimum absolute atomic E-state index is 0.0762. The van der Waals surface area contributed by atoms with Gasteiger partial charge in [0.25, 0.3) is 5.91 Å². The summed E-state index contributed by atoms with van der Waals surface area (Å²) in [6.45, 7) is 8.53. The van der Waals surface area contributed by atoms with Crippen LogP contribution in [-0.4, -0.2) is 38.1 Å². The van der Waals surface area contributed by atoms with Gasteiger partial charge in [0.2, 0.25) is 6.79 Å². The third-order valence-electron chi connectivity index (χ3n) is 4.66. The molecule has 6 heteroatoms. The number of Topliss-reactive ketones (excluding diaryl/α,β-unsaturated/α-hetero) is 1. The SMILES string of the molecule is CC(=O)c1cc2c(cc1NC(=O)C[NH+]1C[C@H](C)C[C@@H](C)C1)OCO2. The van der Waals surface area contributed by atoms with E-state index in [1.165, 1.54) is 18.2 Å². The molecule has 0 spiro atoms. The number of piperidine rings is 1. The number of nitrogens with one attached hydrogen (secondary N) is 2. The summed E-state index contributed by atoms with van der Waals surface area (Å²) in [5, 5.41) is 2.88. The Labute approximate surface area is 142 Å². The van der Waals surface area contributed by atoms with E-state index >= 15 is 0 Å². The van der Waals surface area contributed by atoms with E-state index in [-0.39, 0.29) is 18.5 Å². The van der Waals surface area contributed by atoms with Crippen molar-refractivity contribution in [3.05, 3.63) is 17.7 Å². The second-order valence-electron chi connectivity index (χ2n) is 7.14. The maximum atomic E-state index is 12.5. The molecule has 2 heterocycles. The molecule has 1 aromatic carbocycles. The van der Waals surface area contributed by atoms with Gasteiger partial charge in [-0.15, -0.1) is 0 Å². The summed E-state index contributed by atoms with van der Waals surface area (Å²) in [6.07, 6.45) is 1.22. The molecule has 1 fully saturated rings. The summed E-state index contributed by atoms with van der Waals surface area (Å²) < 4.78 is 10.6. The number of carbonyl (C=O) groups excluding carboxylic acids is 2. The van der Waals surface area contributed by atoms with E-state index in [0.29, 0.717) is 41.1 Å². The van der Waals surface area contributed by atoms with E-state index in [1.807, 2.05) is 0 Å². The maximum absolute atomic E-state index is 12.5. The lowest BCUT2D eigenvalue weighted by Gasteiger charge is -2.31. The van der Waals surface area contributed by atoms with Crippen LogP contribution in [0.2, 0.25) is 0 Å². The highest BCUT2D eigenvalue weighted by molar-refractivity contribution is 6.04. The Morgan fingerprint density at radius 1 is 1.17 bits per heavy atom. The molecule has 0 aliphatic carbocycles. The number of carbonyl (C=O) groups is 2. The molecule has 2 atom stereocenters. The van der Waals surface area contributed by atoms with E-state index in [4.69, 9.17) is 9.47 Å². The van der Waals surface area contributed by atoms with Crippen LogP contribution in [0.25, 0.3) is 0 Å². The molecule has 2 N–H and O–H groups in total. The molecular formula is C18H25N2O4+. The predicted molar refractivity (Wildman–Crippen MR) is 89.7 cm³/mol. The minimum atomic E-state index is -0.115. The largest absolute Gasteiger partial charge is 0.454 e.